The van der Waals surface area contributed by atoms with Gasteiger partial charge in [0.2, 0.25) is 5.91 Å². The quantitative estimate of drug-likeness (QED) is 0.593. The Hall–Kier alpha value is -2.68. The van der Waals surface area contributed by atoms with Gasteiger partial charge in [-0.1, -0.05) is 43.7 Å². The molecule has 1 saturated heterocycles. The molecule has 0 saturated carbocycles. The molecule has 188 valence electrons. The minimum atomic E-state index is -0.263. The lowest BCUT2D eigenvalue weighted by atomic mass is 10.2. The molecule has 3 heterocycles. The van der Waals surface area contributed by atoms with E-state index in [0.717, 1.165) is 45.7 Å². The molecule has 35 heavy (non-hydrogen) atoms. The van der Waals surface area contributed by atoms with Gasteiger partial charge in [0, 0.05) is 45.3 Å². The zero-order valence-electron chi connectivity index (χ0n) is 20.6. The maximum atomic E-state index is 12.8. The fourth-order valence-electron chi connectivity index (χ4n) is 4.69. The van der Waals surface area contributed by atoms with Crippen molar-refractivity contribution < 1.29 is 9.59 Å². The predicted molar refractivity (Wildman–Crippen MR) is 139 cm³/mol. The Kier molecular flexibility index (Phi) is 8.59. The molecule has 2 aromatic rings. The topological polar surface area (TPSA) is 73.7 Å². The van der Waals surface area contributed by atoms with Crippen LogP contribution in [0.2, 0.25) is 5.02 Å². The number of benzene rings is 1. The Bertz CT molecular complexity index is 1070. The second-order valence-electron chi connectivity index (χ2n) is 9.66. The monoisotopic (exact) mass is 498 g/mol. The number of anilines is 1. The van der Waals surface area contributed by atoms with E-state index in [4.69, 9.17) is 11.6 Å². The molecular weight excluding hydrogens is 464 g/mol. The number of rotatable bonds is 7. The minimum absolute atomic E-state index is 0.0161. The van der Waals surface area contributed by atoms with Gasteiger partial charge >= 0.3 is 0 Å². The summed E-state index contributed by atoms with van der Waals surface area (Å²) in [4.78, 5) is 36.7. The first-order chi connectivity index (χ1) is 16.9. The number of fused-ring (bicyclic) bond motifs is 1. The van der Waals surface area contributed by atoms with E-state index in [9.17, 15) is 9.59 Å². The van der Waals surface area contributed by atoms with Gasteiger partial charge in [0.15, 0.2) is 0 Å². The van der Waals surface area contributed by atoms with E-state index in [1.807, 2.05) is 22.8 Å². The first kappa shape index (κ1) is 25.4. The van der Waals surface area contributed by atoms with Gasteiger partial charge < -0.3 is 19.7 Å². The van der Waals surface area contributed by atoms with Crippen LogP contribution in [-0.2, 0) is 17.9 Å². The molecule has 0 unspecified atom stereocenters. The number of halogens is 1. The Morgan fingerprint density at radius 2 is 1.86 bits per heavy atom. The third-order valence-corrected chi connectivity index (χ3v) is 6.79. The molecule has 4 rings (SSSR count). The summed E-state index contributed by atoms with van der Waals surface area (Å²) in [6, 6.07) is 7.12. The molecule has 1 aromatic carbocycles. The first-order valence-corrected chi connectivity index (χ1v) is 12.8. The van der Waals surface area contributed by atoms with Crippen LogP contribution in [0.1, 0.15) is 36.6 Å². The summed E-state index contributed by atoms with van der Waals surface area (Å²) >= 11 is 6.16. The third-order valence-electron chi connectivity index (χ3n) is 6.46. The standard InChI is InChI=1S/C26H35ClN6O2/c1-20(2)18-31-12-6-11-30(13-14-31)10-5-9-25(34)32-15-16-33-23(17-28-24(33)19-32)26(35)29-22-8-4-3-7-21(22)27/h3-5,7-9,17,20H,6,10-16,18-19H2,1-2H3,(H,29,35)/b9-5+. The average Bonchev–Trinajstić information content (AvgIpc) is 3.14. The van der Waals surface area contributed by atoms with Crippen molar-refractivity contribution in [3.8, 4) is 0 Å². The summed E-state index contributed by atoms with van der Waals surface area (Å²) in [5.41, 5.74) is 1.03. The van der Waals surface area contributed by atoms with E-state index in [-0.39, 0.29) is 11.8 Å². The van der Waals surface area contributed by atoms with Gasteiger partial charge in [-0.3, -0.25) is 14.5 Å². The van der Waals surface area contributed by atoms with Crippen LogP contribution in [0.4, 0.5) is 5.69 Å². The number of carbonyl (C=O) groups excluding carboxylic acids is 2. The molecule has 1 aromatic heterocycles. The van der Waals surface area contributed by atoms with Crippen LogP contribution in [0.3, 0.4) is 0 Å². The van der Waals surface area contributed by atoms with Crippen molar-refractivity contribution in [3.05, 3.63) is 59.2 Å². The van der Waals surface area contributed by atoms with Gasteiger partial charge in [-0.05, 0) is 37.6 Å². The summed E-state index contributed by atoms with van der Waals surface area (Å²) in [5.74, 6) is 1.12. The molecule has 0 aliphatic carbocycles. The fourth-order valence-corrected chi connectivity index (χ4v) is 4.88. The van der Waals surface area contributed by atoms with E-state index >= 15 is 0 Å². The molecule has 1 N–H and O–H groups in total. The van der Waals surface area contributed by atoms with Gasteiger partial charge in [0.1, 0.15) is 11.5 Å². The molecule has 8 nitrogen and oxygen atoms in total. The first-order valence-electron chi connectivity index (χ1n) is 12.4. The SMILES string of the molecule is CC(C)CN1CCCN(C/C=C/C(=O)N2CCn3c(C(=O)Nc4ccccc4Cl)cnc3C2)CC1. The molecule has 1 fully saturated rings. The maximum absolute atomic E-state index is 12.8. The maximum Gasteiger partial charge on any atom is 0.273 e. The molecule has 2 aliphatic rings. The lowest BCUT2D eigenvalue weighted by Gasteiger charge is -2.27. The number of amides is 2. The minimum Gasteiger partial charge on any atom is -0.330 e. The van der Waals surface area contributed by atoms with E-state index in [2.05, 4.69) is 33.9 Å². The van der Waals surface area contributed by atoms with Crippen LogP contribution < -0.4 is 5.32 Å². The Labute approximate surface area is 212 Å². The van der Waals surface area contributed by atoms with Gasteiger partial charge in [-0.15, -0.1) is 0 Å². The van der Waals surface area contributed by atoms with Crippen LogP contribution >= 0.6 is 11.6 Å². The molecule has 0 radical (unpaired) electrons. The van der Waals surface area contributed by atoms with Crippen molar-refractivity contribution in [2.45, 2.75) is 33.4 Å². The number of imidazole rings is 1. The van der Waals surface area contributed by atoms with Crippen molar-refractivity contribution in [1.82, 2.24) is 24.3 Å². The molecule has 2 aliphatic heterocycles. The Morgan fingerprint density at radius 3 is 2.66 bits per heavy atom. The number of aromatic nitrogens is 2. The zero-order valence-corrected chi connectivity index (χ0v) is 21.4. The highest BCUT2D eigenvalue weighted by molar-refractivity contribution is 6.33. The Balaban J connectivity index is 1.28. The van der Waals surface area contributed by atoms with E-state index in [1.165, 1.54) is 0 Å². The number of para-hydroxylation sites is 1. The summed E-state index contributed by atoms with van der Waals surface area (Å²) in [7, 11) is 0. The summed E-state index contributed by atoms with van der Waals surface area (Å²) in [6.07, 6.45) is 6.38. The average molecular weight is 499 g/mol. The van der Waals surface area contributed by atoms with Gasteiger partial charge in [0.05, 0.1) is 23.5 Å². The second kappa shape index (κ2) is 11.8. The van der Waals surface area contributed by atoms with Crippen molar-refractivity contribution in [2.75, 3.05) is 51.1 Å². The van der Waals surface area contributed by atoms with E-state index in [0.29, 0.717) is 47.8 Å². The van der Waals surface area contributed by atoms with Crippen molar-refractivity contribution >= 4 is 29.1 Å². The van der Waals surface area contributed by atoms with E-state index in [1.54, 1.807) is 29.3 Å². The highest BCUT2D eigenvalue weighted by atomic mass is 35.5. The highest BCUT2D eigenvalue weighted by Gasteiger charge is 2.25. The third kappa shape index (κ3) is 6.72. The van der Waals surface area contributed by atoms with E-state index < -0.39 is 0 Å². The second-order valence-corrected chi connectivity index (χ2v) is 10.1. The molecule has 9 heteroatoms. The van der Waals surface area contributed by atoms with Crippen LogP contribution in [0.15, 0.2) is 42.6 Å². The Morgan fingerprint density at radius 1 is 1.09 bits per heavy atom. The van der Waals surface area contributed by atoms with Gasteiger partial charge in [-0.25, -0.2) is 4.98 Å². The molecular formula is C26H35ClN6O2. The van der Waals surface area contributed by atoms with Crippen LogP contribution in [-0.4, -0.2) is 81.9 Å². The lowest BCUT2D eigenvalue weighted by Crippen LogP contribution is -2.38. The van der Waals surface area contributed by atoms with Crippen LogP contribution in [0.5, 0.6) is 0 Å². The number of nitrogens with one attached hydrogen (secondary N) is 1. The number of hydrogen-bond acceptors (Lipinski definition) is 5. The van der Waals surface area contributed by atoms with Crippen LogP contribution in [0.25, 0.3) is 0 Å². The number of carbonyl (C=O) groups is 2. The summed E-state index contributed by atoms with van der Waals surface area (Å²) < 4.78 is 1.87. The van der Waals surface area contributed by atoms with Crippen molar-refractivity contribution in [1.29, 1.82) is 0 Å². The number of nitrogens with zero attached hydrogens (tertiary/aromatic N) is 5. The normalized spacial score (nSPS) is 17.5. The highest BCUT2D eigenvalue weighted by Crippen LogP contribution is 2.22. The fraction of sp³-hybridized carbons (Fsp3) is 0.500. The zero-order chi connectivity index (χ0) is 24.8. The van der Waals surface area contributed by atoms with Crippen LogP contribution in [0, 0.1) is 5.92 Å². The predicted octanol–water partition coefficient (Wildman–Crippen LogP) is 3.35. The molecule has 0 spiro atoms. The smallest absolute Gasteiger partial charge is 0.273 e. The largest absolute Gasteiger partial charge is 0.330 e. The van der Waals surface area contributed by atoms with Crippen molar-refractivity contribution in [3.63, 3.8) is 0 Å². The number of hydrogen-bond donors (Lipinski definition) is 1. The summed E-state index contributed by atoms with van der Waals surface area (Å²) in [6.45, 7) is 12.2. The van der Waals surface area contributed by atoms with Gasteiger partial charge in [-0.2, -0.15) is 0 Å². The molecule has 0 bridgehead atoms. The van der Waals surface area contributed by atoms with Crippen molar-refractivity contribution in [2.24, 2.45) is 5.92 Å². The molecule has 0 atom stereocenters. The summed E-state index contributed by atoms with van der Waals surface area (Å²) in [5, 5.41) is 3.32. The molecule has 2 amide bonds. The van der Waals surface area contributed by atoms with Gasteiger partial charge in [0.25, 0.3) is 5.91 Å². The lowest BCUT2D eigenvalue weighted by molar-refractivity contribution is -0.127.